The van der Waals surface area contributed by atoms with Crippen molar-refractivity contribution in [3.8, 4) is 0 Å². The van der Waals surface area contributed by atoms with Gasteiger partial charge in [0, 0.05) is 5.25 Å². The Bertz CT molecular complexity index is 193. The Morgan fingerprint density at radius 2 is 2.00 bits per heavy atom. The van der Waals surface area contributed by atoms with Crippen LogP contribution in [0, 0.1) is 6.92 Å². The third-order valence-electron chi connectivity index (χ3n) is 1.64. The lowest BCUT2D eigenvalue weighted by Crippen LogP contribution is -1.99. The fourth-order valence-corrected chi connectivity index (χ4v) is 1.32. The molecule has 1 aromatic rings. The van der Waals surface area contributed by atoms with Crippen molar-refractivity contribution in [2.75, 3.05) is 6.26 Å². The molecule has 11 heavy (non-hydrogen) atoms. The van der Waals surface area contributed by atoms with Crippen LogP contribution in [0.3, 0.4) is 0 Å². The zero-order chi connectivity index (χ0) is 8.10. The maximum absolute atomic E-state index is 4.01. The predicted molar refractivity (Wildman–Crippen MR) is 52.8 cm³/mol. The average Bonchev–Trinajstić information content (AvgIpc) is 2.06. The molecule has 0 fully saturated rings. The molecule has 1 heteroatoms. The van der Waals surface area contributed by atoms with E-state index < -0.39 is 0 Å². The maximum Gasteiger partial charge on any atom is 0.00850 e. The van der Waals surface area contributed by atoms with Gasteiger partial charge in [-0.1, -0.05) is 30.3 Å². The van der Waals surface area contributed by atoms with Crippen LogP contribution in [0.5, 0.6) is 0 Å². The van der Waals surface area contributed by atoms with Gasteiger partial charge in [-0.25, -0.2) is 0 Å². The molecule has 1 radical (unpaired) electrons. The molecule has 1 unspecified atom stereocenters. The number of hydrogen-bond donors (Lipinski definition) is 0. The fourth-order valence-electron chi connectivity index (χ4n) is 0.960. The van der Waals surface area contributed by atoms with E-state index in [1.807, 2.05) is 17.8 Å². The molecule has 0 N–H and O–H groups in total. The molecule has 0 aliphatic rings. The van der Waals surface area contributed by atoms with Gasteiger partial charge in [0.15, 0.2) is 0 Å². The van der Waals surface area contributed by atoms with Crippen molar-refractivity contribution in [1.29, 1.82) is 0 Å². The molecule has 0 saturated heterocycles. The summed E-state index contributed by atoms with van der Waals surface area (Å²) in [6.07, 6.45) is 3.17. The van der Waals surface area contributed by atoms with Gasteiger partial charge in [-0.3, -0.25) is 0 Å². The topological polar surface area (TPSA) is 0 Å². The second kappa shape index (κ2) is 4.45. The SMILES string of the molecule is [CH2]C(Cc1ccccc1)SC. The lowest BCUT2D eigenvalue weighted by molar-refractivity contribution is 1.02. The van der Waals surface area contributed by atoms with Crippen molar-refractivity contribution in [1.82, 2.24) is 0 Å². The molecule has 59 valence electrons. The van der Waals surface area contributed by atoms with E-state index in [-0.39, 0.29) is 0 Å². The van der Waals surface area contributed by atoms with Crippen molar-refractivity contribution >= 4 is 11.8 Å². The van der Waals surface area contributed by atoms with Gasteiger partial charge in [0.05, 0.1) is 0 Å². The zero-order valence-electron chi connectivity index (χ0n) is 6.79. The molecule has 0 amide bonds. The van der Waals surface area contributed by atoms with E-state index in [0.29, 0.717) is 5.25 Å². The molecular formula is C10H13S. The molecule has 1 aromatic carbocycles. The fraction of sp³-hybridized carbons (Fsp3) is 0.300. The summed E-state index contributed by atoms with van der Waals surface area (Å²) < 4.78 is 0. The molecule has 0 nitrogen and oxygen atoms in total. The van der Waals surface area contributed by atoms with E-state index in [1.54, 1.807) is 0 Å². The minimum absolute atomic E-state index is 0.484. The van der Waals surface area contributed by atoms with Crippen LogP contribution in [-0.2, 0) is 6.42 Å². The van der Waals surface area contributed by atoms with Crippen LogP contribution in [0.1, 0.15) is 5.56 Å². The normalized spacial score (nSPS) is 12.9. The molecule has 1 atom stereocenters. The summed E-state index contributed by atoms with van der Waals surface area (Å²) >= 11 is 1.81. The van der Waals surface area contributed by atoms with Crippen molar-refractivity contribution < 1.29 is 0 Å². The van der Waals surface area contributed by atoms with Crippen molar-refractivity contribution in [3.05, 3.63) is 42.8 Å². The first-order valence-corrected chi connectivity index (χ1v) is 5.01. The molecule has 0 spiro atoms. The third-order valence-corrected chi connectivity index (χ3v) is 2.47. The lowest BCUT2D eigenvalue weighted by atomic mass is 10.1. The quantitative estimate of drug-likeness (QED) is 0.663. The van der Waals surface area contributed by atoms with E-state index in [9.17, 15) is 0 Å². The highest BCUT2D eigenvalue weighted by Gasteiger charge is 1.99. The average molecular weight is 165 g/mol. The monoisotopic (exact) mass is 165 g/mol. The van der Waals surface area contributed by atoms with E-state index in [2.05, 4.69) is 37.4 Å². The van der Waals surface area contributed by atoms with Crippen LogP contribution in [0.2, 0.25) is 0 Å². The van der Waals surface area contributed by atoms with Crippen LogP contribution in [0.25, 0.3) is 0 Å². The largest absolute Gasteiger partial charge is 0.162 e. The zero-order valence-corrected chi connectivity index (χ0v) is 7.60. The van der Waals surface area contributed by atoms with Crippen molar-refractivity contribution in [2.24, 2.45) is 0 Å². The Labute approximate surface area is 73.0 Å². The summed E-state index contributed by atoms with van der Waals surface area (Å²) in [4.78, 5) is 0. The molecule has 0 aliphatic carbocycles. The number of benzene rings is 1. The minimum atomic E-state index is 0.484. The van der Waals surface area contributed by atoms with Crippen molar-refractivity contribution in [3.63, 3.8) is 0 Å². The Morgan fingerprint density at radius 3 is 2.55 bits per heavy atom. The van der Waals surface area contributed by atoms with Gasteiger partial charge in [0.1, 0.15) is 0 Å². The van der Waals surface area contributed by atoms with Crippen LogP contribution in [0.15, 0.2) is 30.3 Å². The first kappa shape index (κ1) is 8.66. The first-order valence-electron chi connectivity index (χ1n) is 3.72. The summed E-state index contributed by atoms with van der Waals surface area (Å²) in [6, 6.07) is 10.5. The van der Waals surface area contributed by atoms with Gasteiger partial charge in [-0.15, -0.1) is 0 Å². The van der Waals surface area contributed by atoms with Crippen LogP contribution >= 0.6 is 11.8 Å². The summed E-state index contributed by atoms with van der Waals surface area (Å²) in [5, 5.41) is 0.484. The second-order valence-corrected chi connectivity index (χ2v) is 3.69. The molecule has 0 aliphatic heterocycles. The van der Waals surface area contributed by atoms with E-state index >= 15 is 0 Å². The summed E-state index contributed by atoms with van der Waals surface area (Å²) in [5.41, 5.74) is 1.38. The van der Waals surface area contributed by atoms with Gasteiger partial charge < -0.3 is 0 Å². The molecular weight excluding hydrogens is 152 g/mol. The van der Waals surface area contributed by atoms with Crippen molar-refractivity contribution in [2.45, 2.75) is 11.7 Å². The maximum atomic E-state index is 4.01. The molecule has 0 aromatic heterocycles. The predicted octanol–water partition coefficient (Wildman–Crippen LogP) is 2.79. The Hall–Kier alpha value is -0.430. The van der Waals surface area contributed by atoms with E-state index in [0.717, 1.165) is 6.42 Å². The number of hydrogen-bond acceptors (Lipinski definition) is 1. The van der Waals surface area contributed by atoms with E-state index in [1.165, 1.54) is 5.56 Å². The Balaban J connectivity index is 2.51. The minimum Gasteiger partial charge on any atom is -0.162 e. The molecule has 1 rings (SSSR count). The van der Waals surface area contributed by atoms with Gasteiger partial charge in [-0.2, -0.15) is 11.8 Å². The van der Waals surface area contributed by atoms with E-state index in [4.69, 9.17) is 0 Å². The lowest BCUT2D eigenvalue weighted by Gasteiger charge is -2.06. The smallest absolute Gasteiger partial charge is 0.00850 e. The molecule has 0 saturated carbocycles. The highest BCUT2D eigenvalue weighted by molar-refractivity contribution is 7.99. The van der Waals surface area contributed by atoms with Gasteiger partial charge in [-0.05, 0) is 25.2 Å². The third kappa shape index (κ3) is 2.98. The summed E-state index contributed by atoms with van der Waals surface area (Å²) in [7, 11) is 0. The van der Waals surface area contributed by atoms with Crippen LogP contribution < -0.4 is 0 Å². The number of rotatable bonds is 3. The molecule has 0 bridgehead atoms. The second-order valence-electron chi connectivity index (χ2n) is 2.55. The number of thioether (sulfide) groups is 1. The van der Waals surface area contributed by atoms with Gasteiger partial charge >= 0.3 is 0 Å². The standard InChI is InChI=1S/C10H13S/c1-9(11-2)8-10-6-4-3-5-7-10/h3-7,9H,1,8H2,2H3. The summed E-state index contributed by atoms with van der Waals surface area (Å²) in [5.74, 6) is 0. The Morgan fingerprint density at radius 1 is 1.36 bits per heavy atom. The van der Waals surface area contributed by atoms with Gasteiger partial charge in [0.2, 0.25) is 0 Å². The van der Waals surface area contributed by atoms with Crippen LogP contribution in [0.4, 0.5) is 0 Å². The first-order chi connectivity index (χ1) is 5.33. The Kier molecular flexibility index (Phi) is 3.50. The van der Waals surface area contributed by atoms with Gasteiger partial charge in [0.25, 0.3) is 0 Å². The summed E-state index contributed by atoms with van der Waals surface area (Å²) in [6.45, 7) is 4.01. The highest BCUT2D eigenvalue weighted by Crippen LogP contribution is 2.11. The van der Waals surface area contributed by atoms with Crippen LogP contribution in [-0.4, -0.2) is 11.5 Å². The molecule has 0 heterocycles. The highest BCUT2D eigenvalue weighted by atomic mass is 32.2.